The van der Waals surface area contributed by atoms with Crippen molar-refractivity contribution in [3.63, 3.8) is 0 Å². The van der Waals surface area contributed by atoms with Crippen molar-refractivity contribution in [1.29, 1.82) is 0 Å². The lowest BCUT2D eigenvalue weighted by Gasteiger charge is -2.10. The molecular weight excluding hydrogens is 262 g/mol. The maximum absolute atomic E-state index is 11.8. The van der Waals surface area contributed by atoms with Crippen molar-refractivity contribution in [2.24, 2.45) is 0 Å². The summed E-state index contributed by atoms with van der Waals surface area (Å²) in [4.78, 5) is 0. The lowest BCUT2D eigenvalue weighted by atomic mass is 10.3. The predicted octanol–water partition coefficient (Wildman–Crippen LogP) is 1.97. The van der Waals surface area contributed by atoms with E-state index in [1.54, 1.807) is 0 Å². The zero-order chi connectivity index (χ0) is 13.5. The fourth-order valence-electron chi connectivity index (χ4n) is 2.08. The Labute approximate surface area is 116 Å². The molecule has 106 valence electrons. The number of nitrogens with two attached hydrogens (primary N) is 1. The number of rotatable bonds is 7. The summed E-state index contributed by atoms with van der Waals surface area (Å²) < 4.78 is 22.9. The van der Waals surface area contributed by atoms with Gasteiger partial charge in [0.1, 0.15) is 5.75 Å². The highest BCUT2D eigenvalue weighted by atomic mass is 32.2. The average Bonchev–Trinajstić information content (AvgIpc) is 2.89. The number of nitrogen functional groups attached to an aromatic ring is 1. The van der Waals surface area contributed by atoms with Gasteiger partial charge in [-0.3, -0.25) is 4.21 Å². The molecule has 2 unspecified atom stereocenters. The van der Waals surface area contributed by atoms with E-state index in [9.17, 15) is 4.21 Å². The zero-order valence-corrected chi connectivity index (χ0v) is 11.9. The Balaban J connectivity index is 1.61. The molecule has 0 bridgehead atoms. The topological polar surface area (TPSA) is 61.5 Å². The molecule has 1 aromatic carbocycles. The van der Waals surface area contributed by atoms with Crippen LogP contribution in [0.2, 0.25) is 0 Å². The fraction of sp³-hybridized carbons (Fsp3) is 0.571. The first-order valence-electron chi connectivity index (χ1n) is 6.69. The van der Waals surface area contributed by atoms with Gasteiger partial charge in [0, 0.05) is 28.9 Å². The molecule has 0 spiro atoms. The van der Waals surface area contributed by atoms with Crippen molar-refractivity contribution >= 4 is 16.5 Å². The molecule has 1 heterocycles. The van der Waals surface area contributed by atoms with Crippen LogP contribution in [0, 0.1) is 0 Å². The van der Waals surface area contributed by atoms with Gasteiger partial charge < -0.3 is 15.2 Å². The maximum atomic E-state index is 11.8. The standard InChI is InChI=1S/C14H21NO3S/c15-13-6-1-2-7-14(13)18-9-4-10-19(16)11-12-5-3-8-17-12/h1-2,6-7,12H,3-5,8-11,15H2. The normalized spacial score (nSPS) is 20.3. The van der Waals surface area contributed by atoms with Crippen LogP contribution in [0.3, 0.4) is 0 Å². The molecule has 0 aromatic heterocycles. The number of para-hydroxylation sites is 2. The molecule has 2 rings (SSSR count). The molecule has 1 saturated heterocycles. The molecule has 1 aliphatic heterocycles. The Morgan fingerprint density at radius 2 is 2.26 bits per heavy atom. The second-order valence-corrected chi connectivity index (χ2v) is 6.31. The molecule has 2 atom stereocenters. The Hall–Kier alpha value is -1.07. The number of benzene rings is 1. The van der Waals surface area contributed by atoms with Crippen LogP contribution in [0.15, 0.2) is 24.3 Å². The molecule has 4 nitrogen and oxygen atoms in total. The summed E-state index contributed by atoms with van der Waals surface area (Å²) in [5, 5.41) is 0. The Bertz CT molecular complexity index is 419. The number of hydrogen-bond donors (Lipinski definition) is 1. The van der Waals surface area contributed by atoms with Crippen molar-refractivity contribution in [3.8, 4) is 5.75 Å². The van der Waals surface area contributed by atoms with E-state index >= 15 is 0 Å². The fourth-order valence-corrected chi connectivity index (χ4v) is 3.36. The first-order valence-corrected chi connectivity index (χ1v) is 8.18. The van der Waals surface area contributed by atoms with Crippen LogP contribution in [-0.4, -0.2) is 35.0 Å². The van der Waals surface area contributed by atoms with Crippen LogP contribution in [0.4, 0.5) is 5.69 Å². The number of ether oxygens (including phenoxy) is 2. The molecule has 5 heteroatoms. The Morgan fingerprint density at radius 1 is 1.42 bits per heavy atom. The molecule has 0 saturated carbocycles. The molecular formula is C14H21NO3S. The summed E-state index contributed by atoms with van der Waals surface area (Å²) in [6, 6.07) is 7.42. The lowest BCUT2D eigenvalue weighted by molar-refractivity contribution is 0.128. The molecule has 0 aliphatic carbocycles. The Morgan fingerprint density at radius 3 is 3.00 bits per heavy atom. The van der Waals surface area contributed by atoms with Crippen molar-refractivity contribution in [2.45, 2.75) is 25.4 Å². The van der Waals surface area contributed by atoms with Crippen LogP contribution in [0.5, 0.6) is 5.75 Å². The van der Waals surface area contributed by atoms with E-state index in [2.05, 4.69) is 0 Å². The minimum absolute atomic E-state index is 0.200. The summed E-state index contributed by atoms with van der Waals surface area (Å²) in [5.41, 5.74) is 6.41. The van der Waals surface area contributed by atoms with Gasteiger partial charge in [0.25, 0.3) is 0 Å². The van der Waals surface area contributed by atoms with Crippen LogP contribution < -0.4 is 10.5 Å². The lowest BCUT2D eigenvalue weighted by Crippen LogP contribution is -2.18. The van der Waals surface area contributed by atoms with Crippen LogP contribution >= 0.6 is 0 Å². The molecule has 1 aliphatic rings. The predicted molar refractivity (Wildman–Crippen MR) is 77.8 cm³/mol. The second-order valence-electron chi connectivity index (χ2n) is 4.69. The third-order valence-electron chi connectivity index (χ3n) is 3.09. The average molecular weight is 283 g/mol. The monoisotopic (exact) mass is 283 g/mol. The third-order valence-corrected chi connectivity index (χ3v) is 4.58. The first kappa shape index (κ1) is 14.3. The van der Waals surface area contributed by atoms with Crippen LogP contribution in [-0.2, 0) is 15.5 Å². The second kappa shape index (κ2) is 7.50. The van der Waals surface area contributed by atoms with E-state index in [-0.39, 0.29) is 6.10 Å². The smallest absolute Gasteiger partial charge is 0.142 e. The molecule has 0 radical (unpaired) electrons. The summed E-state index contributed by atoms with van der Waals surface area (Å²) in [7, 11) is -0.809. The zero-order valence-electron chi connectivity index (χ0n) is 11.0. The van der Waals surface area contributed by atoms with E-state index in [0.29, 0.717) is 29.5 Å². The third kappa shape index (κ3) is 4.84. The van der Waals surface area contributed by atoms with Gasteiger partial charge in [-0.1, -0.05) is 12.1 Å². The van der Waals surface area contributed by atoms with Gasteiger partial charge in [0.15, 0.2) is 0 Å². The van der Waals surface area contributed by atoms with Crippen molar-refractivity contribution < 1.29 is 13.7 Å². The molecule has 1 fully saturated rings. The van der Waals surface area contributed by atoms with Gasteiger partial charge in [0.2, 0.25) is 0 Å². The van der Waals surface area contributed by atoms with Gasteiger partial charge >= 0.3 is 0 Å². The highest BCUT2D eigenvalue weighted by Crippen LogP contribution is 2.19. The highest BCUT2D eigenvalue weighted by molar-refractivity contribution is 7.85. The van der Waals surface area contributed by atoms with Gasteiger partial charge in [0.05, 0.1) is 18.4 Å². The SMILES string of the molecule is Nc1ccccc1OCCCS(=O)CC1CCCO1. The minimum Gasteiger partial charge on any atom is -0.491 e. The van der Waals surface area contributed by atoms with Gasteiger partial charge in [-0.15, -0.1) is 0 Å². The Kier molecular flexibility index (Phi) is 5.66. The van der Waals surface area contributed by atoms with Crippen molar-refractivity contribution in [2.75, 3.05) is 30.5 Å². The molecule has 2 N–H and O–H groups in total. The quantitative estimate of drug-likeness (QED) is 0.614. The van der Waals surface area contributed by atoms with Crippen molar-refractivity contribution in [1.82, 2.24) is 0 Å². The number of anilines is 1. The largest absolute Gasteiger partial charge is 0.491 e. The molecule has 1 aromatic rings. The van der Waals surface area contributed by atoms with E-state index < -0.39 is 10.8 Å². The van der Waals surface area contributed by atoms with Crippen LogP contribution in [0.1, 0.15) is 19.3 Å². The van der Waals surface area contributed by atoms with E-state index in [0.717, 1.165) is 25.9 Å². The van der Waals surface area contributed by atoms with Gasteiger partial charge in [-0.25, -0.2) is 0 Å². The van der Waals surface area contributed by atoms with E-state index in [4.69, 9.17) is 15.2 Å². The van der Waals surface area contributed by atoms with Crippen molar-refractivity contribution in [3.05, 3.63) is 24.3 Å². The summed E-state index contributed by atoms with van der Waals surface area (Å²) >= 11 is 0. The van der Waals surface area contributed by atoms with Gasteiger partial charge in [-0.2, -0.15) is 0 Å². The highest BCUT2D eigenvalue weighted by Gasteiger charge is 2.17. The number of hydrogen-bond acceptors (Lipinski definition) is 4. The van der Waals surface area contributed by atoms with Gasteiger partial charge in [-0.05, 0) is 31.4 Å². The van der Waals surface area contributed by atoms with E-state index in [1.165, 1.54) is 0 Å². The van der Waals surface area contributed by atoms with Crippen LogP contribution in [0.25, 0.3) is 0 Å². The molecule has 0 amide bonds. The summed E-state index contributed by atoms with van der Waals surface area (Å²) in [6.07, 6.45) is 3.11. The van der Waals surface area contributed by atoms with E-state index in [1.807, 2.05) is 24.3 Å². The summed E-state index contributed by atoms with van der Waals surface area (Å²) in [5.74, 6) is 2.02. The maximum Gasteiger partial charge on any atom is 0.142 e. The first-order chi connectivity index (χ1) is 9.25. The minimum atomic E-state index is -0.809. The summed E-state index contributed by atoms with van der Waals surface area (Å²) in [6.45, 7) is 1.36. The molecule has 19 heavy (non-hydrogen) atoms.